The number of hydrogen-bond acceptors (Lipinski definition) is 6. The van der Waals surface area contributed by atoms with Gasteiger partial charge in [-0.3, -0.25) is 14.7 Å². The van der Waals surface area contributed by atoms with E-state index in [-0.39, 0.29) is 35.3 Å². The van der Waals surface area contributed by atoms with Crippen LogP contribution < -0.4 is 15.5 Å². The SMILES string of the molecule is CCNC(=NCC1(C(=O)N(C)C)CCCC1)NCCCN1CCN(c2ncccn2)CC1.I. The molecule has 2 fully saturated rings. The molecule has 2 N–H and O–H groups in total. The van der Waals surface area contributed by atoms with Gasteiger partial charge in [0.25, 0.3) is 0 Å². The van der Waals surface area contributed by atoms with Gasteiger partial charge in [0.2, 0.25) is 11.9 Å². The second kappa shape index (κ2) is 13.9. The Morgan fingerprint density at radius 1 is 1.12 bits per heavy atom. The van der Waals surface area contributed by atoms with Crippen LogP contribution in [-0.2, 0) is 4.79 Å². The van der Waals surface area contributed by atoms with E-state index in [1.54, 1.807) is 17.3 Å². The topological polar surface area (TPSA) is 89.0 Å². The van der Waals surface area contributed by atoms with Crippen molar-refractivity contribution in [2.24, 2.45) is 10.4 Å². The normalized spacial score (nSPS) is 18.5. The highest BCUT2D eigenvalue weighted by Crippen LogP contribution is 2.39. The summed E-state index contributed by atoms with van der Waals surface area (Å²) in [4.78, 5) is 32.8. The number of rotatable bonds is 9. The van der Waals surface area contributed by atoms with E-state index in [0.29, 0.717) is 6.54 Å². The van der Waals surface area contributed by atoms with Crippen molar-refractivity contribution in [1.29, 1.82) is 0 Å². The van der Waals surface area contributed by atoms with Gasteiger partial charge < -0.3 is 20.4 Å². The van der Waals surface area contributed by atoms with E-state index in [9.17, 15) is 4.79 Å². The first-order valence-corrected chi connectivity index (χ1v) is 12.0. The molecule has 1 saturated carbocycles. The van der Waals surface area contributed by atoms with Crippen LogP contribution in [0.4, 0.5) is 5.95 Å². The summed E-state index contributed by atoms with van der Waals surface area (Å²) in [6.45, 7) is 9.34. The number of anilines is 1. The molecule has 1 saturated heterocycles. The Kier molecular flexibility index (Phi) is 11.6. The summed E-state index contributed by atoms with van der Waals surface area (Å²) < 4.78 is 0. The molecule has 9 nitrogen and oxygen atoms in total. The standard InChI is InChI=1S/C23H40N8O.HI/c1-4-24-21(28-19-23(9-5-6-10-23)20(32)29(2)3)25-13-8-14-30-15-17-31(18-16-30)22-26-11-7-12-27-22;/h7,11-12H,4-6,8-10,13-19H2,1-3H3,(H2,24,25,28);1H. The van der Waals surface area contributed by atoms with Crippen LogP contribution in [-0.4, -0.2) is 98.1 Å². The molecular formula is C23H41IN8O. The average molecular weight is 573 g/mol. The van der Waals surface area contributed by atoms with Crippen LogP contribution in [0.15, 0.2) is 23.5 Å². The van der Waals surface area contributed by atoms with Crippen LogP contribution in [0.1, 0.15) is 39.0 Å². The molecular weight excluding hydrogens is 531 g/mol. The molecule has 0 unspecified atom stereocenters. The van der Waals surface area contributed by atoms with Gasteiger partial charge in [-0.25, -0.2) is 9.97 Å². The molecule has 0 aromatic carbocycles. The number of carbonyl (C=O) groups excluding carboxylic acids is 1. The molecule has 0 bridgehead atoms. The Balaban J connectivity index is 0.00000385. The predicted molar refractivity (Wildman–Crippen MR) is 144 cm³/mol. The van der Waals surface area contributed by atoms with Gasteiger partial charge in [0.1, 0.15) is 0 Å². The Labute approximate surface area is 215 Å². The molecule has 1 aliphatic heterocycles. The fourth-order valence-electron chi connectivity index (χ4n) is 4.67. The summed E-state index contributed by atoms with van der Waals surface area (Å²) in [7, 11) is 3.70. The number of nitrogens with zero attached hydrogens (tertiary/aromatic N) is 6. The summed E-state index contributed by atoms with van der Waals surface area (Å²) in [5, 5.41) is 6.80. The number of guanidine groups is 1. The van der Waals surface area contributed by atoms with Crippen molar-refractivity contribution in [2.75, 3.05) is 71.4 Å². The van der Waals surface area contributed by atoms with Crippen molar-refractivity contribution in [2.45, 2.75) is 39.0 Å². The maximum Gasteiger partial charge on any atom is 0.230 e. The van der Waals surface area contributed by atoms with Gasteiger partial charge in [-0.2, -0.15) is 0 Å². The van der Waals surface area contributed by atoms with Gasteiger partial charge in [-0.1, -0.05) is 12.8 Å². The minimum absolute atomic E-state index is 0. The van der Waals surface area contributed by atoms with E-state index in [1.165, 1.54) is 0 Å². The van der Waals surface area contributed by atoms with Crippen LogP contribution in [0.25, 0.3) is 0 Å². The number of carbonyl (C=O) groups is 1. The van der Waals surface area contributed by atoms with Crippen molar-refractivity contribution >= 4 is 41.8 Å². The Bertz CT molecular complexity index is 731. The summed E-state index contributed by atoms with van der Waals surface area (Å²) in [6, 6.07) is 1.85. The molecule has 1 aromatic rings. The van der Waals surface area contributed by atoms with E-state index >= 15 is 0 Å². The lowest BCUT2D eigenvalue weighted by Crippen LogP contribution is -2.47. The van der Waals surface area contributed by atoms with E-state index in [2.05, 4.69) is 37.3 Å². The summed E-state index contributed by atoms with van der Waals surface area (Å²) in [6.07, 6.45) is 8.75. The van der Waals surface area contributed by atoms with Gasteiger partial charge in [0, 0.05) is 65.8 Å². The predicted octanol–water partition coefficient (Wildman–Crippen LogP) is 1.81. The van der Waals surface area contributed by atoms with Crippen molar-refractivity contribution in [3.05, 3.63) is 18.5 Å². The minimum Gasteiger partial charge on any atom is -0.357 e. The zero-order valence-electron chi connectivity index (χ0n) is 20.4. The number of hydrogen-bond donors (Lipinski definition) is 2. The van der Waals surface area contributed by atoms with Gasteiger partial charge in [0.05, 0.1) is 12.0 Å². The quantitative estimate of drug-likeness (QED) is 0.202. The highest BCUT2D eigenvalue weighted by atomic mass is 127. The van der Waals surface area contributed by atoms with E-state index in [0.717, 1.165) is 89.8 Å². The van der Waals surface area contributed by atoms with E-state index in [1.807, 2.05) is 20.2 Å². The monoisotopic (exact) mass is 572 g/mol. The maximum absolute atomic E-state index is 12.8. The molecule has 0 radical (unpaired) electrons. The number of halogens is 1. The molecule has 186 valence electrons. The largest absolute Gasteiger partial charge is 0.357 e. The summed E-state index contributed by atoms with van der Waals surface area (Å²) >= 11 is 0. The number of aromatic nitrogens is 2. The molecule has 1 aromatic heterocycles. The second-order valence-electron chi connectivity index (χ2n) is 9.04. The molecule has 3 rings (SSSR count). The van der Waals surface area contributed by atoms with Crippen molar-refractivity contribution in [3.8, 4) is 0 Å². The van der Waals surface area contributed by atoms with Crippen molar-refractivity contribution in [1.82, 2.24) is 30.4 Å². The third kappa shape index (κ3) is 7.94. The maximum atomic E-state index is 12.8. The smallest absolute Gasteiger partial charge is 0.230 e. The van der Waals surface area contributed by atoms with Crippen LogP contribution in [0.5, 0.6) is 0 Å². The van der Waals surface area contributed by atoms with Crippen LogP contribution in [0.2, 0.25) is 0 Å². The lowest BCUT2D eigenvalue weighted by molar-refractivity contribution is -0.138. The molecule has 1 amide bonds. The first-order valence-electron chi connectivity index (χ1n) is 12.0. The minimum atomic E-state index is -0.325. The van der Waals surface area contributed by atoms with E-state index < -0.39 is 0 Å². The van der Waals surface area contributed by atoms with Crippen molar-refractivity contribution in [3.63, 3.8) is 0 Å². The van der Waals surface area contributed by atoms with Crippen LogP contribution >= 0.6 is 24.0 Å². The van der Waals surface area contributed by atoms with Gasteiger partial charge in [-0.05, 0) is 38.8 Å². The summed E-state index contributed by atoms with van der Waals surface area (Å²) in [5.74, 6) is 1.86. The highest BCUT2D eigenvalue weighted by molar-refractivity contribution is 14.0. The number of piperazine rings is 1. The lowest BCUT2D eigenvalue weighted by Gasteiger charge is -2.34. The molecule has 1 aliphatic carbocycles. The third-order valence-electron chi connectivity index (χ3n) is 6.46. The molecule has 0 atom stereocenters. The first kappa shape index (κ1) is 27.6. The Hall–Kier alpha value is -1.69. The average Bonchev–Trinajstić information content (AvgIpc) is 3.30. The van der Waals surface area contributed by atoms with Gasteiger partial charge in [-0.15, -0.1) is 24.0 Å². The number of aliphatic imine (C=N–C) groups is 1. The molecule has 0 spiro atoms. The lowest BCUT2D eigenvalue weighted by atomic mass is 9.85. The fraction of sp³-hybridized carbons (Fsp3) is 0.739. The molecule has 10 heteroatoms. The number of amides is 1. The van der Waals surface area contributed by atoms with Gasteiger partial charge in [0.15, 0.2) is 5.96 Å². The zero-order chi connectivity index (χ0) is 22.8. The molecule has 2 aliphatic rings. The van der Waals surface area contributed by atoms with Crippen molar-refractivity contribution < 1.29 is 4.79 Å². The Morgan fingerprint density at radius 3 is 2.39 bits per heavy atom. The molecule has 2 heterocycles. The highest BCUT2D eigenvalue weighted by Gasteiger charge is 2.42. The Morgan fingerprint density at radius 2 is 1.79 bits per heavy atom. The molecule has 33 heavy (non-hydrogen) atoms. The second-order valence-corrected chi connectivity index (χ2v) is 9.04. The van der Waals surface area contributed by atoms with Crippen LogP contribution in [0, 0.1) is 5.41 Å². The number of nitrogens with one attached hydrogen (secondary N) is 2. The summed E-state index contributed by atoms with van der Waals surface area (Å²) in [5.41, 5.74) is -0.325. The third-order valence-corrected chi connectivity index (χ3v) is 6.46. The van der Waals surface area contributed by atoms with Gasteiger partial charge >= 0.3 is 0 Å². The fourth-order valence-corrected chi connectivity index (χ4v) is 4.67. The van der Waals surface area contributed by atoms with Crippen LogP contribution in [0.3, 0.4) is 0 Å². The van der Waals surface area contributed by atoms with E-state index in [4.69, 9.17) is 4.99 Å². The first-order chi connectivity index (χ1) is 15.5. The zero-order valence-corrected chi connectivity index (χ0v) is 22.8.